The Labute approximate surface area is 152 Å². The number of fused-ring (bicyclic) bond motifs is 1. The minimum atomic E-state index is -0.00548. The highest BCUT2D eigenvalue weighted by atomic mass is 16.5. The van der Waals surface area contributed by atoms with Gasteiger partial charge in [-0.2, -0.15) is 0 Å². The first kappa shape index (κ1) is 16.5. The fraction of sp³-hybridized carbons (Fsp3) is 0.238. The topological polar surface area (TPSA) is 54.5 Å². The second kappa shape index (κ2) is 7.14. The Kier molecular flexibility index (Phi) is 4.54. The van der Waals surface area contributed by atoms with E-state index in [1.165, 1.54) is 0 Å². The Morgan fingerprint density at radius 3 is 2.81 bits per heavy atom. The molecule has 2 aromatic carbocycles. The minimum Gasteiger partial charge on any atom is -0.497 e. The van der Waals surface area contributed by atoms with E-state index >= 15 is 0 Å². The molecule has 1 aliphatic heterocycles. The van der Waals surface area contributed by atoms with Gasteiger partial charge in [-0.3, -0.25) is 9.78 Å². The summed E-state index contributed by atoms with van der Waals surface area (Å²) in [4.78, 5) is 19.7. The lowest BCUT2D eigenvalue weighted by Crippen LogP contribution is -2.48. The van der Waals surface area contributed by atoms with Gasteiger partial charge in [0.1, 0.15) is 5.75 Å². The lowest BCUT2D eigenvalue weighted by molar-refractivity contribution is 0.0636. The molecule has 4 rings (SSSR count). The van der Waals surface area contributed by atoms with Crippen LogP contribution in [0.3, 0.4) is 0 Å². The van der Waals surface area contributed by atoms with Crippen molar-refractivity contribution in [1.29, 1.82) is 0 Å². The van der Waals surface area contributed by atoms with E-state index in [2.05, 4.69) is 10.3 Å². The second-order valence-corrected chi connectivity index (χ2v) is 6.37. The van der Waals surface area contributed by atoms with Gasteiger partial charge in [0.15, 0.2) is 0 Å². The number of aromatic nitrogens is 1. The highest BCUT2D eigenvalue weighted by Crippen LogP contribution is 2.27. The fourth-order valence-corrected chi connectivity index (χ4v) is 3.52. The zero-order valence-electron chi connectivity index (χ0n) is 14.7. The zero-order chi connectivity index (χ0) is 17.9. The van der Waals surface area contributed by atoms with Crippen LogP contribution in [0.4, 0.5) is 0 Å². The molecule has 1 aliphatic rings. The molecule has 0 radical (unpaired) electrons. The molecule has 1 amide bonds. The fourth-order valence-electron chi connectivity index (χ4n) is 3.52. The summed E-state index contributed by atoms with van der Waals surface area (Å²) in [5, 5.41) is 4.29. The molecular weight excluding hydrogens is 326 g/mol. The van der Waals surface area contributed by atoms with E-state index < -0.39 is 0 Å². The summed E-state index contributed by atoms with van der Waals surface area (Å²) in [6.07, 6.45) is 1.75. The Bertz CT molecular complexity index is 919. The van der Waals surface area contributed by atoms with Crippen molar-refractivity contribution in [1.82, 2.24) is 15.2 Å². The molecular formula is C21H21N3O2. The molecule has 1 aromatic heterocycles. The third kappa shape index (κ3) is 3.02. The van der Waals surface area contributed by atoms with Crippen LogP contribution in [0.25, 0.3) is 10.9 Å². The van der Waals surface area contributed by atoms with Crippen molar-refractivity contribution in [3.05, 3.63) is 71.9 Å². The highest BCUT2D eigenvalue weighted by Gasteiger charge is 2.29. The number of amides is 1. The van der Waals surface area contributed by atoms with Gasteiger partial charge in [-0.1, -0.05) is 24.3 Å². The number of nitrogens with one attached hydrogen (secondary N) is 1. The van der Waals surface area contributed by atoms with Crippen LogP contribution in [0.15, 0.2) is 60.8 Å². The third-order valence-corrected chi connectivity index (χ3v) is 4.88. The molecule has 2 heterocycles. The third-order valence-electron chi connectivity index (χ3n) is 4.88. The number of ether oxygens (including phenoxy) is 1. The Balaban J connectivity index is 1.70. The van der Waals surface area contributed by atoms with Crippen molar-refractivity contribution in [3.8, 4) is 5.75 Å². The summed E-state index contributed by atoms with van der Waals surface area (Å²) < 4.78 is 5.25. The van der Waals surface area contributed by atoms with Crippen LogP contribution in [0.5, 0.6) is 5.75 Å². The number of rotatable bonds is 3. The smallest absolute Gasteiger partial charge is 0.255 e. The van der Waals surface area contributed by atoms with Crippen molar-refractivity contribution in [3.63, 3.8) is 0 Å². The van der Waals surface area contributed by atoms with Crippen LogP contribution in [-0.4, -0.2) is 42.5 Å². The summed E-state index contributed by atoms with van der Waals surface area (Å²) in [5.74, 6) is 0.862. The van der Waals surface area contributed by atoms with Crippen LogP contribution >= 0.6 is 0 Å². The highest BCUT2D eigenvalue weighted by molar-refractivity contribution is 6.06. The first-order valence-electron chi connectivity index (χ1n) is 8.77. The summed E-state index contributed by atoms with van der Waals surface area (Å²) in [6.45, 7) is 2.20. The van der Waals surface area contributed by atoms with E-state index in [1.807, 2.05) is 59.5 Å². The standard InChI is InChI=1S/C21H21N3O2/c1-26-16-9-7-15(8-10-16)20-14-22-12-13-24(20)21(25)18-4-2-6-19-17(18)5-3-11-23-19/h2-11,20,22H,12-14H2,1H3/t20-/m0/s1. The molecule has 0 saturated carbocycles. The number of carbonyl (C=O) groups is 1. The van der Waals surface area contributed by atoms with Gasteiger partial charge in [0.25, 0.3) is 5.91 Å². The van der Waals surface area contributed by atoms with Crippen LogP contribution in [0, 0.1) is 0 Å². The van der Waals surface area contributed by atoms with E-state index in [4.69, 9.17) is 4.74 Å². The normalized spacial score (nSPS) is 17.3. The van der Waals surface area contributed by atoms with E-state index in [9.17, 15) is 4.79 Å². The van der Waals surface area contributed by atoms with Crippen LogP contribution in [0.1, 0.15) is 22.0 Å². The number of piperazine rings is 1. The Morgan fingerprint density at radius 2 is 2.00 bits per heavy atom. The van der Waals surface area contributed by atoms with Gasteiger partial charge >= 0.3 is 0 Å². The Hall–Kier alpha value is -2.92. The molecule has 1 N–H and O–H groups in total. The van der Waals surface area contributed by atoms with Crippen molar-refractivity contribution in [2.75, 3.05) is 26.7 Å². The number of carbonyl (C=O) groups excluding carboxylic acids is 1. The maximum atomic E-state index is 13.4. The minimum absolute atomic E-state index is 0.00548. The summed E-state index contributed by atoms with van der Waals surface area (Å²) in [5.41, 5.74) is 2.65. The van der Waals surface area contributed by atoms with E-state index in [-0.39, 0.29) is 11.9 Å². The van der Waals surface area contributed by atoms with Gasteiger partial charge in [-0.05, 0) is 35.9 Å². The quantitative estimate of drug-likeness (QED) is 0.791. The van der Waals surface area contributed by atoms with Crippen LogP contribution in [-0.2, 0) is 0 Å². The van der Waals surface area contributed by atoms with Crippen molar-refractivity contribution in [2.45, 2.75) is 6.04 Å². The first-order valence-corrected chi connectivity index (χ1v) is 8.77. The second-order valence-electron chi connectivity index (χ2n) is 6.37. The summed E-state index contributed by atoms with van der Waals surface area (Å²) >= 11 is 0. The average Bonchev–Trinajstić information content (AvgIpc) is 2.73. The average molecular weight is 347 g/mol. The molecule has 1 saturated heterocycles. The number of methoxy groups -OCH3 is 1. The first-order chi connectivity index (χ1) is 12.8. The zero-order valence-corrected chi connectivity index (χ0v) is 14.7. The molecule has 5 nitrogen and oxygen atoms in total. The number of hydrogen-bond donors (Lipinski definition) is 1. The molecule has 0 unspecified atom stereocenters. The van der Waals surface area contributed by atoms with Gasteiger partial charge in [0, 0.05) is 36.8 Å². The van der Waals surface area contributed by atoms with Crippen molar-refractivity contribution >= 4 is 16.8 Å². The predicted octanol–water partition coefficient (Wildman–Crippen LogP) is 3.03. The number of hydrogen-bond acceptors (Lipinski definition) is 4. The largest absolute Gasteiger partial charge is 0.497 e. The molecule has 0 spiro atoms. The molecule has 0 aliphatic carbocycles. The van der Waals surface area contributed by atoms with Crippen molar-refractivity contribution < 1.29 is 9.53 Å². The number of pyridine rings is 1. The number of nitrogens with zero attached hydrogens (tertiary/aromatic N) is 2. The molecule has 1 atom stereocenters. The maximum Gasteiger partial charge on any atom is 0.255 e. The molecule has 1 fully saturated rings. The van der Waals surface area contributed by atoms with Gasteiger partial charge in [0.2, 0.25) is 0 Å². The van der Waals surface area contributed by atoms with Gasteiger partial charge < -0.3 is 15.0 Å². The lowest BCUT2D eigenvalue weighted by Gasteiger charge is -2.37. The Morgan fingerprint density at radius 1 is 1.15 bits per heavy atom. The predicted molar refractivity (Wildman–Crippen MR) is 101 cm³/mol. The molecule has 5 heteroatoms. The van der Waals surface area contributed by atoms with Crippen molar-refractivity contribution in [2.24, 2.45) is 0 Å². The maximum absolute atomic E-state index is 13.4. The van der Waals surface area contributed by atoms with Crippen LogP contribution < -0.4 is 10.1 Å². The van der Waals surface area contributed by atoms with Gasteiger partial charge in [0.05, 0.1) is 18.7 Å². The van der Waals surface area contributed by atoms with Gasteiger partial charge in [-0.15, -0.1) is 0 Å². The van der Waals surface area contributed by atoms with Gasteiger partial charge in [-0.25, -0.2) is 0 Å². The lowest BCUT2D eigenvalue weighted by atomic mass is 10.0. The molecule has 0 bridgehead atoms. The van der Waals surface area contributed by atoms with E-state index in [0.717, 1.165) is 35.3 Å². The molecule has 132 valence electrons. The van der Waals surface area contributed by atoms with E-state index in [0.29, 0.717) is 12.1 Å². The summed E-state index contributed by atoms with van der Waals surface area (Å²) in [7, 11) is 1.65. The summed E-state index contributed by atoms with van der Waals surface area (Å²) in [6, 6.07) is 17.5. The molecule has 26 heavy (non-hydrogen) atoms. The van der Waals surface area contributed by atoms with Crippen LogP contribution in [0.2, 0.25) is 0 Å². The molecule has 3 aromatic rings. The van der Waals surface area contributed by atoms with E-state index in [1.54, 1.807) is 13.3 Å². The number of benzene rings is 2. The SMILES string of the molecule is COc1ccc([C@@H]2CNCCN2C(=O)c2cccc3ncccc23)cc1. The monoisotopic (exact) mass is 347 g/mol.